The van der Waals surface area contributed by atoms with Crippen LogP contribution in [0.25, 0.3) is 22.3 Å². The molecule has 0 spiro atoms. The fourth-order valence-electron chi connectivity index (χ4n) is 11.0. The van der Waals surface area contributed by atoms with Crippen LogP contribution in [0.5, 0.6) is 23.0 Å². The van der Waals surface area contributed by atoms with Crippen molar-refractivity contribution in [2.24, 2.45) is 0 Å². The predicted octanol–water partition coefficient (Wildman–Crippen LogP) is 21.4. The molecule has 0 bridgehead atoms. The lowest BCUT2D eigenvalue weighted by Crippen LogP contribution is -2.56. The molecule has 0 amide bonds. The normalized spacial score (nSPS) is 12.8. The smallest absolute Gasteiger partial charge is 0.389 e. The van der Waals surface area contributed by atoms with E-state index < -0.39 is 63.1 Å². The molecule has 0 aromatic heterocycles. The maximum atomic E-state index is 13.3. The van der Waals surface area contributed by atoms with Gasteiger partial charge in [0.1, 0.15) is 28.7 Å². The molecule has 0 aliphatic carbocycles. The van der Waals surface area contributed by atoms with Crippen LogP contribution in [-0.4, -0.2) is 75.3 Å². The minimum atomic E-state index is -4.10. The van der Waals surface area contributed by atoms with Crippen LogP contribution in [0, 0.1) is 0 Å². The molecule has 0 saturated heterocycles. The first-order chi connectivity index (χ1) is 44.0. The Hall–Kier alpha value is -6.07. The van der Waals surface area contributed by atoms with E-state index in [1.54, 1.807) is 48.5 Å². The van der Waals surface area contributed by atoms with Gasteiger partial charge < -0.3 is 36.7 Å². The largest absolute Gasteiger partial charge is 0.491 e. The highest BCUT2D eigenvalue weighted by Gasteiger charge is 2.43. The van der Waals surface area contributed by atoms with Crippen LogP contribution < -0.4 is 18.9 Å². The summed E-state index contributed by atoms with van der Waals surface area (Å²) in [6.07, 6.45) is 3.94. The maximum Gasteiger partial charge on any atom is 0.389 e. The van der Waals surface area contributed by atoms with Crippen LogP contribution in [0.2, 0.25) is 39.3 Å². The quantitative estimate of drug-likeness (QED) is 0.0121. The number of para-hydroxylation sites is 2. The molecule has 6 rings (SSSR count). The second kappa shape index (κ2) is 38.3. The molecule has 0 fully saturated rings. The third-order valence-corrected chi connectivity index (χ3v) is 25.2. The summed E-state index contributed by atoms with van der Waals surface area (Å²) in [5, 5.41) is 0. The van der Waals surface area contributed by atoms with Gasteiger partial charge in [-0.15, -0.1) is 0 Å². The molecule has 0 aliphatic rings. The summed E-state index contributed by atoms with van der Waals surface area (Å²) in [4.78, 5) is 26.5. The van der Waals surface area contributed by atoms with Crippen LogP contribution in [0.1, 0.15) is 167 Å². The molecule has 0 N–H and O–H groups in total. The second-order valence-electron chi connectivity index (χ2n) is 24.8. The van der Waals surface area contributed by atoms with Gasteiger partial charge in [0.05, 0.1) is 30.4 Å². The number of rotatable bonds is 42. The molecule has 2 atom stereocenters. The first kappa shape index (κ1) is 75.0. The van der Waals surface area contributed by atoms with Gasteiger partial charge in [-0.25, -0.2) is 9.59 Å². The minimum absolute atomic E-state index is 0.0852. The van der Waals surface area contributed by atoms with Crippen molar-refractivity contribution >= 4 is 37.9 Å². The predicted molar refractivity (Wildman–Crippen MR) is 359 cm³/mol. The molecule has 501 valence electrons. The topological polar surface area (TPSA) is 108 Å². The average Bonchev–Trinajstić information content (AvgIpc) is 0.848. The highest BCUT2D eigenvalue weighted by molar-refractivity contribution is 6.85. The number of carbonyl (C=O) groups is 2. The number of hydrogen-bond acceptors (Lipinski definition) is 10. The van der Waals surface area contributed by atoms with Gasteiger partial charge >= 0.3 is 32.9 Å². The van der Waals surface area contributed by atoms with E-state index in [1.807, 2.05) is 97.1 Å². The summed E-state index contributed by atoms with van der Waals surface area (Å²) in [5.74, 6) is 1.31. The number of halogens is 6. The van der Waals surface area contributed by atoms with Gasteiger partial charge in [0, 0.05) is 37.2 Å². The van der Waals surface area contributed by atoms with Crippen LogP contribution in [0.4, 0.5) is 26.3 Å². The number of benzene rings is 6. The summed E-state index contributed by atoms with van der Waals surface area (Å²) in [7, 11) is -6.27. The molecule has 92 heavy (non-hydrogen) atoms. The number of ether oxygens (including phenoxy) is 6. The van der Waals surface area contributed by atoms with E-state index in [2.05, 4.69) is 46.2 Å². The molecule has 19 heteroatoms. The maximum absolute atomic E-state index is 13.3. The van der Waals surface area contributed by atoms with Crippen LogP contribution in [-0.2, 0) is 30.9 Å². The van der Waals surface area contributed by atoms with Gasteiger partial charge in [0.2, 0.25) is 8.32 Å². The Kier molecular flexibility index (Phi) is 31.2. The number of alkyl halides is 6. The first-order valence-electron chi connectivity index (χ1n) is 32.8. The molecular weight excluding hydrogens is 1240 g/mol. The van der Waals surface area contributed by atoms with Crippen molar-refractivity contribution in [3.8, 4) is 45.3 Å². The lowest BCUT2D eigenvalue weighted by Gasteiger charge is -2.39. The van der Waals surface area contributed by atoms with Crippen LogP contribution >= 0.6 is 0 Å². The SMILES string of the molecule is CCCCCCC(CCCC(Oc1ccccc1-c1ccc(OC(=O)c2ccc(COCCCCCCCC(F)(F)F)cc2)cc1)[Si](C)(C)O[Si](C)(C)O[Si](C)C)Oc1ccccc1-c1ccc(OC(=O)c2ccc(COCCCCCCCC(F)(F)F)cc2)cc1. The van der Waals surface area contributed by atoms with E-state index in [-0.39, 0.29) is 24.7 Å². The zero-order valence-electron chi connectivity index (χ0n) is 54.8. The van der Waals surface area contributed by atoms with Crippen molar-refractivity contribution < 1.29 is 72.6 Å². The second-order valence-corrected chi connectivity index (χ2v) is 34.9. The summed E-state index contributed by atoms with van der Waals surface area (Å²) in [6.45, 7) is 16.9. The average molecular weight is 1330 g/mol. The van der Waals surface area contributed by atoms with E-state index in [9.17, 15) is 35.9 Å². The standard InChI is InChI=1S/C73H95F6O10Si3/c1-8-9-10-17-27-62(84-67-31-20-18-29-65(67)58-42-46-63(47-43-58)85-70(80)60-38-34-56(35-39-60)54-82-52-24-15-11-13-22-50-72(74,75)76)28-26-33-69(91(4,5)89-92(6,7)88-90(2)3)87-68-32-21-19-30-66(68)59-44-48-64(49-45-59)86-71(81)61-40-36-57(37-41-61)55-83-53-25-16-12-14-23-51-73(77,78)79/h18-21,29-32,34-49,62,69H,8-17,22-28,33,50-55H2,1-7H3. The molecule has 6 aromatic rings. The zero-order chi connectivity index (χ0) is 66.4. The lowest BCUT2D eigenvalue weighted by atomic mass is 10.0. The van der Waals surface area contributed by atoms with Crippen molar-refractivity contribution in [1.82, 2.24) is 0 Å². The Morgan fingerprint density at radius 2 is 0.880 bits per heavy atom. The number of hydrogen-bond donors (Lipinski definition) is 0. The molecule has 6 aromatic carbocycles. The van der Waals surface area contributed by atoms with Crippen molar-refractivity contribution in [3.63, 3.8) is 0 Å². The summed E-state index contributed by atoms with van der Waals surface area (Å²) in [6, 6.07) is 45.0. The Bertz CT molecular complexity index is 3090. The molecule has 2 unspecified atom stereocenters. The van der Waals surface area contributed by atoms with E-state index >= 15 is 0 Å². The molecule has 0 saturated carbocycles. The van der Waals surface area contributed by atoms with Crippen molar-refractivity contribution in [2.75, 3.05) is 13.2 Å². The molecule has 10 nitrogen and oxygen atoms in total. The van der Waals surface area contributed by atoms with E-state index in [0.29, 0.717) is 61.9 Å². The fourth-order valence-corrected chi connectivity index (χ4v) is 22.4. The van der Waals surface area contributed by atoms with Crippen molar-refractivity contribution in [3.05, 3.63) is 168 Å². The molecule has 1 radical (unpaired) electrons. The third kappa shape index (κ3) is 28.3. The van der Waals surface area contributed by atoms with E-state index in [0.717, 1.165) is 135 Å². The van der Waals surface area contributed by atoms with Gasteiger partial charge in [-0.3, -0.25) is 0 Å². The summed E-state index contributed by atoms with van der Waals surface area (Å²) in [5.41, 5.74) is 5.95. The van der Waals surface area contributed by atoms with Gasteiger partial charge in [-0.1, -0.05) is 150 Å². The van der Waals surface area contributed by atoms with Gasteiger partial charge in [0.25, 0.3) is 0 Å². The Morgan fingerprint density at radius 1 is 0.467 bits per heavy atom. The number of carbonyl (C=O) groups excluding carboxylic acids is 2. The Morgan fingerprint density at radius 3 is 1.33 bits per heavy atom. The van der Waals surface area contributed by atoms with Gasteiger partial charge in [-0.2, -0.15) is 26.3 Å². The monoisotopic (exact) mass is 1330 g/mol. The zero-order valence-corrected chi connectivity index (χ0v) is 57.8. The number of esters is 2. The highest BCUT2D eigenvalue weighted by atomic mass is 28.5. The van der Waals surface area contributed by atoms with Crippen LogP contribution in [0.3, 0.4) is 0 Å². The molecule has 0 aliphatic heterocycles. The lowest BCUT2D eigenvalue weighted by molar-refractivity contribution is -0.136. The van der Waals surface area contributed by atoms with Crippen molar-refractivity contribution in [2.45, 2.75) is 212 Å². The Balaban J connectivity index is 1.06. The molecular formula is C73H95F6O10Si3. The van der Waals surface area contributed by atoms with Gasteiger partial charge in [0.15, 0.2) is 9.04 Å². The Labute approximate surface area is 546 Å². The summed E-state index contributed by atoms with van der Waals surface area (Å²) >= 11 is 0. The highest BCUT2D eigenvalue weighted by Crippen LogP contribution is 2.37. The van der Waals surface area contributed by atoms with Crippen LogP contribution in [0.15, 0.2) is 146 Å². The first-order valence-corrected chi connectivity index (χ1v) is 41.0. The van der Waals surface area contributed by atoms with E-state index in [1.165, 1.54) is 0 Å². The molecule has 0 heterocycles. The van der Waals surface area contributed by atoms with Crippen molar-refractivity contribution in [1.29, 1.82) is 0 Å². The van der Waals surface area contributed by atoms with Gasteiger partial charge in [-0.05, 0) is 180 Å². The summed E-state index contributed by atoms with van der Waals surface area (Å²) < 4.78 is 125. The number of unbranched alkanes of at least 4 members (excludes halogenated alkanes) is 11. The minimum Gasteiger partial charge on any atom is -0.491 e. The fraction of sp³-hybridized carbons (Fsp3) is 0.479. The third-order valence-electron chi connectivity index (χ3n) is 15.6. The van der Waals surface area contributed by atoms with E-state index in [4.69, 9.17) is 36.7 Å².